The zero-order chi connectivity index (χ0) is 10.7. The lowest BCUT2D eigenvalue weighted by Crippen LogP contribution is -2.00. The molecule has 0 aliphatic heterocycles. The van der Waals surface area contributed by atoms with Crippen LogP contribution in [0.15, 0.2) is 10.5 Å². The second-order valence-electron chi connectivity index (χ2n) is 2.48. The van der Waals surface area contributed by atoms with Crippen molar-refractivity contribution < 1.29 is 18.6 Å². The van der Waals surface area contributed by atoms with E-state index in [-0.39, 0.29) is 28.2 Å². The van der Waals surface area contributed by atoms with Crippen LogP contribution in [0.1, 0.15) is 17.7 Å². The van der Waals surface area contributed by atoms with Gasteiger partial charge in [-0.25, -0.2) is 13.8 Å². The summed E-state index contributed by atoms with van der Waals surface area (Å²) in [5.41, 5.74) is -0.0252. The Morgan fingerprint density at radius 1 is 1.64 bits per heavy atom. The van der Waals surface area contributed by atoms with Crippen LogP contribution >= 0.6 is 15.9 Å². The fourth-order valence-electron chi connectivity index (χ4n) is 0.983. The third-order valence-electron chi connectivity index (χ3n) is 1.60. The summed E-state index contributed by atoms with van der Waals surface area (Å²) >= 11 is 2.97. The van der Waals surface area contributed by atoms with Crippen LogP contribution in [-0.4, -0.2) is 17.2 Å². The van der Waals surface area contributed by atoms with Crippen LogP contribution < -0.4 is 4.74 Å². The molecule has 0 bridgehead atoms. The smallest absolute Gasteiger partial charge is 0.270 e. The zero-order valence-electron chi connectivity index (χ0n) is 7.30. The highest BCUT2D eigenvalue weighted by molar-refractivity contribution is 9.10. The van der Waals surface area contributed by atoms with Gasteiger partial charge in [-0.2, -0.15) is 0 Å². The maximum atomic E-state index is 12.5. The maximum absolute atomic E-state index is 12.5. The van der Waals surface area contributed by atoms with E-state index in [9.17, 15) is 8.78 Å². The standard InChI is InChI=1S/C8H8BrF2NO2/c1-14-8-6(7(10)11)5(9)2-4(3-13)12-8/h2,7,13H,3H2,1H3. The van der Waals surface area contributed by atoms with Gasteiger partial charge in [0.25, 0.3) is 6.43 Å². The van der Waals surface area contributed by atoms with Gasteiger partial charge in [0.15, 0.2) is 0 Å². The van der Waals surface area contributed by atoms with Gasteiger partial charge < -0.3 is 9.84 Å². The molecule has 1 rings (SSSR count). The van der Waals surface area contributed by atoms with E-state index < -0.39 is 6.43 Å². The molecular formula is C8H8BrF2NO2. The number of methoxy groups -OCH3 is 1. The van der Waals surface area contributed by atoms with Crippen LogP contribution in [0, 0.1) is 0 Å². The van der Waals surface area contributed by atoms with Gasteiger partial charge in [-0.3, -0.25) is 0 Å². The molecule has 0 saturated heterocycles. The summed E-state index contributed by atoms with van der Waals surface area (Å²) < 4.78 is 29.9. The number of aliphatic hydroxyl groups excluding tert-OH is 1. The van der Waals surface area contributed by atoms with Crippen LogP contribution in [0.2, 0.25) is 0 Å². The fourth-order valence-corrected chi connectivity index (χ4v) is 1.59. The first-order valence-corrected chi connectivity index (χ1v) is 4.51. The Morgan fingerprint density at radius 3 is 2.71 bits per heavy atom. The SMILES string of the molecule is COc1nc(CO)cc(Br)c1C(F)F. The van der Waals surface area contributed by atoms with E-state index >= 15 is 0 Å². The van der Waals surface area contributed by atoms with Gasteiger partial charge >= 0.3 is 0 Å². The Balaban J connectivity index is 3.27. The number of hydrogen-bond donors (Lipinski definition) is 1. The number of halogens is 3. The quantitative estimate of drug-likeness (QED) is 0.914. The minimum Gasteiger partial charge on any atom is -0.481 e. The van der Waals surface area contributed by atoms with Gasteiger partial charge in [-0.05, 0) is 6.07 Å². The second-order valence-corrected chi connectivity index (χ2v) is 3.33. The minimum absolute atomic E-state index is 0.168. The van der Waals surface area contributed by atoms with E-state index in [0.717, 1.165) is 0 Å². The van der Waals surface area contributed by atoms with Crippen molar-refractivity contribution in [3.8, 4) is 5.88 Å². The average Bonchev–Trinajstić information content (AvgIpc) is 2.15. The Kier molecular flexibility index (Phi) is 3.77. The lowest BCUT2D eigenvalue weighted by Gasteiger charge is -2.10. The van der Waals surface area contributed by atoms with Crippen molar-refractivity contribution in [1.82, 2.24) is 4.98 Å². The first-order chi connectivity index (χ1) is 6.60. The molecule has 0 saturated carbocycles. The summed E-state index contributed by atoms with van der Waals surface area (Å²) in [5.74, 6) is -0.168. The van der Waals surface area contributed by atoms with Crippen LogP contribution in [0.3, 0.4) is 0 Å². The second kappa shape index (κ2) is 4.65. The normalized spacial score (nSPS) is 10.7. The van der Waals surface area contributed by atoms with E-state index in [0.29, 0.717) is 0 Å². The predicted molar refractivity (Wildman–Crippen MR) is 49.4 cm³/mol. The number of hydrogen-bond acceptors (Lipinski definition) is 3. The molecule has 0 unspecified atom stereocenters. The Morgan fingerprint density at radius 2 is 2.29 bits per heavy atom. The molecule has 1 aromatic heterocycles. The molecule has 0 aromatic carbocycles. The topological polar surface area (TPSA) is 42.4 Å². The van der Waals surface area contributed by atoms with E-state index in [2.05, 4.69) is 20.9 Å². The monoisotopic (exact) mass is 267 g/mol. The van der Waals surface area contributed by atoms with Gasteiger partial charge in [0.2, 0.25) is 5.88 Å². The number of pyridine rings is 1. The van der Waals surface area contributed by atoms with E-state index in [1.54, 1.807) is 0 Å². The van der Waals surface area contributed by atoms with Crippen molar-refractivity contribution in [2.45, 2.75) is 13.0 Å². The molecule has 1 heterocycles. The lowest BCUT2D eigenvalue weighted by atomic mass is 10.2. The average molecular weight is 268 g/mol. The number of rotatable bonds is 3. The van der Waals surface area contributed by atoms with Gasteiger partial charge in [0.05, 0.1) is 25.0 Å². The summed E-state index contributed by atoms with van der Waals surface area (Å²) in [4.78, 5) is 3.71. The number of aliphatic hydroxyl groups is 1. The van der Waals surface area contributed by atoms with Gasteiger partial charge in [-0.1, -0.05) is 15.9 Å². The van der Waals surface area contributed by atoms with Crippen molar-refractivity contribution in [2.75, 3.05) is 7.11 Å². The molecule has 14 heavy (non-hydrogen) atoms. The molecule has 6 heteroatoms. The van der Waals surface area contributed by atoms with E-state index in [1.165, 1.54) is 13.2 Å². The fraction of sp³-hybridized carbons (Fsp3) is 0.375. The molecule has 0 fully saturated rings. The molecule has 1 N–H and O–H groups in total. The summed E-state index contributed by atoms with van der Waals surface area (Å²) in [5, 5.41) is 8.79. The highest BCUT2D eigenvalue weighted by Crippen LogP contribution is 2.34. The summed E-state index contributed by atoms with van der Waals surface area (Å²) in [6.45, 7) is -0.321. The third kappa shape index (κ3) is 2.19. The van der Waals surface area contributed by atoms with Crippen LogP contribution in [-0.2, 0) is 6.61 Å². The summed E-state index contributed by atoms with van der Waals surface area (Å²) in [7, 11) is 1.25. The number of ether oxygens (including phenoxy) is 1. The number of aromatic nitrogens is 1. The molecule has 1 aromatic rings. The molecule has 0 amide bonds. The summed E-state index contributed by atoms with van der Waals surface area (Å²) in [6.07, 6.45) is -2.67. The van der Waals surface area contributed by atoms with Crippen molar-refractivity contribution in [3.05, 3.63) is 21.8 Å². The minimum atomic E-state index is -2.67. The predicted octanol–water partition coefficient (Wildman–Crippen LogP) is 2.28. The Labute approximate surface area is 87.9 Å². The van der Waals surface area contributed by atoms with Gasteiger partial charge in [0, 0.05) is 4.47 Å². The van der Waals surface area contributed by atoms with Crippen LogP contribution in [0.4, 0.5) is 8.78 Å². The highest BCUT2D eigenvalue weighted by atomic mass is 79.9. The molecule has 0 radical (unpaired) electrons. The van der Waals surface area contributed by atoms with Crippen molar-refractivity contribution in [1.29, 1.82) is 0 Å². The zero-order valence-corrected chi connectivity index (χ0v) is 8.88. The molecule has 0 aliphatic rings. The maximum Gasteiger partial charge on any atom is 0.270 e. The molecule has 78 valence electrons. The Hall–Kier alpha value is -0.750. The van der Waals surface area contributed by atoms with Gasteiger partial charge in [0.1, 0.15) is 0 Å². The highest BCUT2D eigenvalue weighted by Gasteiger charge is 2.20. The largest absolute Gasteiger partial charge is 0.481 e. The first-order valence-electron chi connectivity index (χ1n) is 3.72. The van der Waals surface area contributed by atoms with E-state index in [4.69, 9.17) is 9.84 Å². The van der Waals surface area contributed by atoms with E-state index in [1.807, 2.05) is 0 Å². The van der Waals surface area contributed by atoms with Crippen molar-refractivity contribution in [2.24, 2.45) is 0 Å². The first kappa shape index (κ1) is 11.3. The molecule has 0 atom stereocenters. The molecule has 0 aliphatic carbocycles. The molecule has 0 spiro atoms. The van der Waals surface area contributed by atoms with Crippen LogP contribution in [0.5, 0.6) is 5.88 Å². The number of alkyl halides is 2. The van der Waals surface area contributed by atoms with Crippen LogP contribution in [0.25, 0.3) is 0 Å². The molecular weight excluding hydrogens is 260 g/mol. The summed E-state index contributed by atoms with van der Waals surface area (Å²) in [6, 6.07) is 1.34. The lowest BCUT2D eigenvalue weighted by molar-refractivity contribution is 0.144. The van der Waals surface area contributed by atoms with Gasteiger partial charge in [-0.15, -0.1) is 0 Å². The van der Waals surface area contributed by atoms with Crippen molar-refractivity contribution >= 4 is 15.9 Å². The number of nitrogens with zero attached hydrogens (tertiary/aromatic N) is 1. The third-order valence-corrected chi connectivity index (χ3v) is 2.26. The Bertz CT molecular complexity index is 333. The molecule has 3 nitrogen and oxygen atoms in total. The van der Waals surface area contributed by atoms with Crippen molar-refractivity contribution in [3.63, 3.8) is 0 Å².